The molecule has 0 unspecified atom stereocenters. The molecule has 0 fully saturated rings. The van der Waals surface area contributed by atoms with Crippen molar-refractivity contribution in [1.82, 2.24) is 14.6 Å². The maximum absolute atomic E-state index is 12.9. The minimum absolute atomic E-state index is 0.0209. The number of unbranched alkanes of at least 4 members (excludes halogenated alkanes) is 1. The van der Waals surface area contributed by atoms with Crippen LogP contribution in [-0.2, 0) is 13.6 Å². The van der Waals surface area contributed by atoms with Gasteiger partial charge in [0, 0.05) is 24.8 Å². The van der Waals surface area contributed by atoms with Gasteiger partial charge in [0.15, 0.2) is 0 Å². The number of aryl methyl sites for hydroxylation is 2. The Morgan fingerprint density at radius 1 is 1.33 bits per heavy atom. The standard InChI is InChI=1S/C19H23N3O2/c1-4-5-10-22(19(23)17-13-24-20-14(17)2)12-16-11-15-8-6-7-9-18(15)21(16)3/h6-9,11,13H,4-5,10,12H2,1-3H3. The van der Waals surface area contributed by atoms with Crippen LogP contribution in [0.2, 0.25) is 0 Å². The molecule has 3 aromatic rings. The Morgan fingerprint density at radius 2 is 2.12 bits per heavy atom. The van der Waals surface area contributed by atoms with Crippen LogP contribution in [0.25, 0.3) is 10.9 Å². The normalized spacial score (nSPS) is 11.1. The fourth-order valence-electron chi connectivity index (χ4n) is 2.96. The SMILES string of the molecule is CCCCN(Cc1cc2ccccc2n1C)C(=O)c1conc1C. The number of carbonyl (C=O) groups is 1. The Kier molecular flexibility index (Phi) is 4.69. The van der Waals surface area contributed by atoms with Gasteiger partial charge in [-0.25, -0.2) is 0 Å². The highest BCUT2D eigenvalue weighted by Crippen LogP contribution is 2.21. The molecule has 0 radical (unpaired) electrons. The number of amides is 1. The molecular weight excluding hydrogens is 302 g/mol. The van der Waals surface area contributed by atoms with E-state index in [1.54, 1.807) is 6.92 Å². The number of hydrogen-bond acceptors (Lipinski definition) is 3. The van der Waals surface area contributed by atoms with Gasteiger partial charge in [0.1, 0.15) is 11.8 Å². The zero-order valence-electron chi connectivity index (χ0n) is 14.5. The summed E-state index contributed by atoms with van der Waals surface area (Å²) in [6, 6.07) is 10.4. The minimum Gasteiger partial charge on any atom is -0.364 e. The topological polar surface area (TPSA) is 51.3 Å². The molecule has 24 heavy (non-hydrogen) atoms. The zero-order chi connectivity index (χ0) is 17.1. The number of para-hydroxylation sites is 1. The summed E-state index contributed by atoms with van der Waals surface area (Å²) in [5, 5.41) is 5.03. The van der Waals surface area contributed by atoms with Crippen LogP contribution in [0.4, 0.5) is 0 Å². The molecule has 5 heteroatoms. The van der Waals surface area contributed by atoms with E-state index in [2.05, 4.69) is 34.8 Å². The van der Waals surface area contributed by atoms with Gasteiger partial charge in [0.05, 0.1) is 12.2 Å². The van der Waals surface area contributed by atoms with Crippen LogP contribution in [0.1, 0.15) is 41.5 Å². The molecule has 2 aromatic heterocycles. The third kappa shape index (κ3) is 3.07. The first-order valence-electron chi connectivity index (χ1n) is 8.35. The first kappa shape index (κ1) is 16.3. The van der Waals surface area contributed by atoms with E-state index in [4.69, 9.17) is 4.52 Å². The smallest absolute Gasteiger partial charge is 0.259 e. The van der Waals surface area contributed by atoms with Crippen LogP contribution < -0.4 is 0 Å². The number of carbonyl (C=O) groups excluding carboxylic acids is 1. The molecule has 0 aliphatic heterocycles. The second kappa shape index (κ2) is 6.91. The quantitative estimate of drug-likeness (QED) is 0.690. The third-order valence-corrected chi connectivity index (χ3v) is 4.45. The number of aromatic nitrogens is 2. The lowest BCUT2D eigenvalue weighted by molar-refractivity contribution is 0.0736. The zero-order valence-corrected chi connectivity index (χ0v) is 14.5. The number of nitrogens with zero attached hydrogens (tertiary/aromatic N) is 3. The minimum atomic E-state index is -0.0209. The molecule has 5 nitrogen and oxygen atoms in total. The molecule has 0 N–H and O–H groups in total. The van der Waals surface area contributed by atoms with Gasteiger partial charge in [-0.1, -0.05) is 36.7 Å². The highest BCUT2D eigenvalue weighted by molar-refractivity contribution is 5.94. The van der Waals surface area contributed by atoms with Crippen molar-refractivity contribution in [2.24, 2.45) is 7.05 Å². The fourth-order valence-corrected chi connectivity index (χ4v) is 2.96. The predicted octanol–water partition coefficient (Wildman–Crippen LogP) is 3.92. The Labute approximate surface area is 141 Å². The largest absolute Gasteiger partial charge is 0.364 e. The molecule has 0 atom stereocenters. The van der Waals surface area contributed by atoms with Crippen LogP contribution in [0.3, 0.4) is 0 Å². The van der Waals surface area contributed by atoms with Gasteiger partial charge >= 0.3 is 0 Å². The van der Waals surface area contributed by atoms with E-state index in [0.717, 1.165) is 25.1 Å². The van der Waals surface area contributed by atoms with Crippen molar-refractivity contribution in [3.63, 3.8) is 0 Å². The van der Waals surface area contributed by atoms with E-state index in [1.807, 2.05) is 24.1 Å². The van der Waals surface area contributed by atoms with Crippen LogP contribution in [0.5, 0.6) is 0 Å². The highest BCUT2D eigenvalue weighted by Gasteiger charge is 2.21. The molecule has 0 aliphatic rings. The van der Waals surface area contributed by atoms with E-state index in [-0.39, 0.29) is 5.91 Å². The van der Waals surface area contributed by atoms with Crippen molar-refractivity contribution in [3.05, 3.63) is 53.5 Å². The molecular formula is C19H23N3O2. The summed E-state index contributed by atoms with van der Waals surface area (Å²) in [5.74, 6) is -0.0209. The Morgan fingerprint density at radius 3 is 2.79 bits per heavy atom. The van der Waals surface area contributed by atoms with Crippen molar-refractivity contribution in [3.8, 4) is 0 Å². The lowest BCUT2D eigenvalue weighted by Gasteiger charge is -2.22. The van der Waals surface area contributed by atoms with Gasteiger partial charge in [0.25, 0.3) is 5.91 Å². The average molecular weight is 325 g/mol. The maximum atomic E-state index is 12.9. The lowest BCUT2D eigenvalue weighted by atomic mass is 10.2. The van der Waals surface area contributed by atoms with Crippen molar-refractivity contribution >= 4 is 16.8 Å². The van der Waals surface area contributed by atoms with Gasteiger partial charge in [-0.3, -0.25) is 4.79 Å². The van der Waals surface area contributed by atoms with Crippen LogP contribution in [0.15, 0.2) is 41.1 Å². The summed E-state index contributed by atoms with van der Waals surface area (Å²) in [7, 11) is 2.05. The van der Waals surface area contributed by atoms with E-state index < -0.39 is 0 Å². The highest BCUT2D eigenvalue weighted by atomic mass is 16.5. The summed E-state index contributed by atoms with van der Waals surface area (Å²) in [6.45, 7) is 5.23. The summed E-state index contributed by atoms with van der Waals surface area (Å²) in [6.07, 6.45) is 3.46. The summed E-state index contributed by atoms with van der Waals surface area (Å²) < 4.78 is 7.10. The molecule has 0 bridgehead atoms. The van der Waals surface area contributed by atoms with Gasteiger partial charge in [0.2, 0.25) is 0 Å². The van der Waals surface area contributed by atoms with Crippen molar-refractivity contribution < 1.29 is 9.32 Å². The molecule has 1 aromatic carbocycles. The average Bonchev–Trinajstić information content (AvgIpc) is 3.15. The molecule has 0 spiro atoms. The Balaban J connectivity index is 1.89. The molecule has 1 amide bonds. The van der Waals surface area contributed by atoms with Crippen molar-refractivity contribution in [2.75, 3.05) is 6.54 Å². The molecule has 2 heterocycles. The number of hydrogen-bond donors (Lipinski definition) is 0. The molecule has 0 saturated carbocycles. The molecule has 126 valence electrons. The summed E-state index contributed by atoms with van der Waals surface area (Å²) in [4.78, 5) is 14.8. The second-order valence-electron chi connectivity index (χ2n) is 6.15. The Hall–Kier alpha value is -2.56. The van der Waals surface area contributed by atoms with E-state index in [1.165, 1.54) is 17.2 Å². The van der Waals surface area contributed by atoms with Crippen LogP contribution in [0, 0.1) is 6.92 Å². The fraction of sp³-hybridized carbons (Fsp3) is 0.368. The number of benzene rings is 1. The number of rotatable bonds is 6. The maximum Gasteiger partial charge on any atom is 0.259 e. The predicted molar refractivity (Wildman–Crippen MR) is 93.8 cm³/mol. The number of fused-ring (bicyclic) bond motifs is 1. The molecule has 0 saturated heterocycles. The van der Waals surface area contributed by atoms with Gasteiger partial charge in [-0.2, -0.15) is 0 Å². The second-order valence-corrected chi connectivity index (χ2v) is 6.15. The van der Waals surface area contributed by atoms with Crippen molar-refractivity contribution in [1.29, 1.82) is 0 Å². The van der Waals surface area contributed by atoms with Gasteiger partial charge in [-0.05, 0) is 30.9 Å². The first-order chi connectivity index (χ1) is 11.6. The summed E-state index contributed by atoms with van der Waals surface area (Å²) >= 11 is 0. The van der Waals surface area contributed by atoms with Crippen molar-refractivity contribution in [2.45, 2.75) is 33.2 Å². The molecule has 0 aliphatic carbocycles. The monoisotopic (exact) mass is 325 g/mol. The lowest BCUT2D eigenvalue weighted by Crippen LogP contribution is -2.32. The third-order valence-electron chi connectivity index (χ3n) is 4.45. The first-order valence-corrected chi connectivity index (χ1v) is 8.35. The molecule has 3 rings (SSSR count). The van der Waals surface area contributed by atoms with Gasteiger partial charge in [-0.15, -0.1) is 0 Å². The Bertz CT molecular complexity index is 847. The van der Waals surface area contributed by atoms with Crippen LogP contribution in [-0.4, -0.2) is 27.1 Å². The summed E-state index contributed by atoms with van der Waals surface area (Å²) in [5.41, 5.74) is 3.48. The van der Waals surface area contributed by atoms with E-state index >= 15 is 0 Å². The van der Waals surface area contributed by atoms with E-state index in [0.29, 0.717) is 17.8 Å². The van der Waals surface area contributed by atoms with E-state index in [9.17, 15) is 4.79 Å². The van der Waals surface area contributed by atoms with Gasteiger partial charge < -0.3 is 14.0 Å². The van der Waals surface area contributed by atoms with Crippen LogP contribution >= 0.6 is 0 Å².